The van der Waals surface area contributed by atoms with Crippen LogP contribution in [0.5, 0.6) is 0 Å². The van der Waals surface area contributed by atoms with Crippen LogP contribution in [0.1, 0.15) is 72.6 Å². The van der Waals surface area contributed by atoms with E-state index in [1.54, 1.807) is 0 Å². The molecule has 20 heavy (non-hydrogen) atoms. The lowest BCUT2D eigenvalue weighted by Crippen LogP contribution is -2.49. The average molecular weight is 280 g/mol. The third-order valence-electron chi connectivity index (χ3n) is 5.27. The van der Waals surface area contributed by atoms with Crippen molar-refractivity contribution < 1.29 is 0 Å². The molecule has 2 aliphatic rings. The van der Waals surface area contributed by atoms with Gasteiger partial charge in [0.15, 0.2) is 0 Å². The van der Waals surface area contributed by atoms with Crippen LogP contribution in [0, 0.1) is 11.3 Å². The van der Waals surface area contributed by atoms with Crippen LogP contribution in [0.2, 0.25) is 0 Å². The molecular formula is C18H36N2. The molecule has 0 spiro atoms. The first-order valence-electron chi connectivity index (χ1n) is 8.97. The third-order valence-corrected chi connectivity index (χ3v) is 5.27. The first kappa shape index (κ1) is 16.3. The number of hydrogen-bond donors (Lipinski definition) is 1. The Morgan fingerprint density at radius 2 is 1.80 bits per heavy atom. The Kier molecular flexibility index (Phi) is 5.92. The fourth-order valence-corrected chi connectivity index (χ4v) is 4.51. The average Bonchev–Trinajstić information content (AvgIpc) is 2.35. The summed E-state index contributed by atoms with van der Waals surface area (Å²) in [5, 5.41) is 3.99. The van der Waals surface area contributed by atoms with Crippen LogP contribution in [-0.2, 0) is 0 Å². The molecule has 0 aromatic carbocycles. The molecular weight excluding hydrogens is 244 g/mol. The van der Waals surface area contributed by atoms with Crippen molar-refractivity contribution in [3.63, 3.8) is 0 Å². The van der Waals surface area contributed by atoms with Gasteiger partial charge in [-0.25, -0.2) is 0 Å². The SMILES string of the molecule is CCCCN1CCC(NC2CC(C)CC(C)(C)C2)CC1. The van der Waals surface area contributed by atoms with Gasteiger partial charge in [-0.1, -0.05) is 34.1 Å². The number of unbranched alkanes of at least 4 members (excludes halogenated alkanes) is 1. The second-order valence-electron chi connectivity index (χ2n) is 8.25. The Balaban J connectivity index is 1.72. The summed E-state index contributed by atoms with van der Waals surface area (Å²) in [6.07, 6.45) is 9.57. The van der Waals surface area contributed by atoms with E-state index in [4.69, 9.17) is 0 Å². The van der Waals surface area contributed by atoms with Gasteiger partial charge in [0.1, 0.15) is 0 Å². The molecule has 0 radical (unpaired) electrons. The monoisotopic (exact) mass is 280 g/mol. The number of nitrogens with zero attached hydrogens (tertiary/aromatic N) is 1. The highest BCUT2D eigenvalue weighted by molar-refractivity contribution is 4.89. The van der Waals surface area contributed by atoms with Gasteiger partial charge in [0.05, 0.1) is 0 Å². The molecule has 2 nitrogen and oxygen atoms in total. The zero-order chi connectivity index (χ0) is 14.6. The topological polar surface area (TPSA) is 15.3 Å². The molecule has 0 bridgehead atoms. The number of likely N-dealkylation sites (tertiary alicyclic amines) is 1. The van der Waals surface area contributed by atoms with E-state index in [9.17, 15) is 0 Å². The summed E-state index contributed by atoms with van der Waals surface area (Å²) in [6, 6.07) is 1.54. The fourth-order valence-electron chi connectivity index (χ4n) is 4.51. The predicted molar refractivity (Wildman–Crippen MR) is 88.1 cm³/mol. The molecule has 1 heterocycles. The van der Waals surface area contributed by atoms with Crippen LogP contribution in [0.4, 0.5) is 0 Å². The Morgan fingerprint density at radius 3 is 2.40 bits per heavy atom. The van der Waals surface area contributed by atoms with Crippen molar-refractivity contribution in [2.75, 3.05) is 19.6 Å². The van der Waals surface area contributed by atoms with Gasteiger partial charge in [-0.15, -0.1) is 0 Å². The molecule has 1 aliphatic heterocycles. The summed E-state index contributed by atoms with van der Waals surface area (Å²) in [6.45, 7) is 13.6. The summed E-state index contributed by atoms with van der Waals surface area (Å²) >= 11 is 0. The molecule has 1 aliphatic carbocycles. The zero-order valence-electron chi connectivity index (χ0n) is 14.3. The molecule has 1 saturated carbocycles. The van der Waals surface area contributed by atoms with E-state index in [1.165, 1.54) is 64.6 Å². The molecule has 2 heteroatoms. The first-order valence-corrected chi connectivity index (χ1v) is 8.97. The largest absolute Gasteiger partial charge is 0.311 e. The molecule has 0 aromatic heterocycles. The zero-order valence-corrected chi connectivity index (χ0v) is 14.3. The Hall–Kier alpha value is -0.0800. The van der Waals surface area contributed by atoms with Gasteiger partial charge < -0.3 is 10.2 Å². The van der Waals surface area contributed by atoms with Crippen LogP contribution < -0.4 is 5.32 Å². The maximum absolute atomic E-state index is 3.99. The summed E-state index contributed by atoms with van der Waals surface area (Å²) in [7, 11) is 0. The van der Waals surface area contributed by atoms with E-state index >= 15 is 0 Å². The highest BCUT2D eigenvalue weighted by atomic mass is 15.1. The molecule has 2 atom stereocenters. The molecule has 1 N–H and O–H groups in total. The van der Waals surface area contributed by atoms with Gasteiger partial charge in [-0.05, 0) is 69.5 Å². The van der Waals surface area contributed by atoms with Crippen molar-refractivity contribution in [3.05, 3.63) is 0 Å². The van der Waals surface area contributed by atoms with Crippen molar-refractivity contribution in [2.45, 2.75) is 84.7 Å². The standard InChI is InChI=1S/C18H36N2/c1-5-6-9-20-10-7-16(8-11-20)19-17-12-15(2)13-18(3,4)14-17/h15-17,19H,5-14H2,1-4H3. The van der Waals surface area contributed by atoms with Crippen molar-refractivity contribution in [1.29, 1.82) is 0 Å². The lowest BCUT2D eigenvalue weighted by molar-refractivity contribution is 0.126. The number of hydrogen-bond acceptors (Lipinski definition) is 2. The minimum Gasteiger partial charge on any atom is -0.311 e. The van der Waals surface area contributed by atoms with Crippen LogP contribution in [0.15, 0.2) is 0 Å². The van der Waals surface area contributed by atoms with Crippen LogP contribution in [0.25, 0.3) is 0 Å². The Morgan fingerprint density at radius 1 is 1.10 bits per heavy atom. The molecule has 1 saturated heterocycles. The maximum atomic E-state index is 3.99. The van der Waals surface area contributed by atoms with Crippen molar-refractivity contribution in [1.82, 2.24) is 10.2 Å². The fraction of sp³-hybridized carbons (Fsp3) is 1.00. The number of nitrogens with one attached hydrogen (secondary N) is 1. The summed E-state index contributed by atoms with van der Waals surface area (Å²) in [5.41, 5.74) is 0.539. The summed E-state index contributed by atoms with van der Waals surface area (Å²) < 4.78 is 0. The van der Waals surface area contributed by atoms with Gasteiger partial charge in [-0.2, -0.15) is 0 Å². The molecule has 118 valence electrons. The van der Waals surface area contributed by atoms with Crippen molar-refractivity contribution >= 4 is 0 Å². The van der Waals surface area contributed by atoms with Crippen LogP contribution in [-0.4, -0.2) is 36.6 Å². The maximum Gasteiger partial charge on any atom is 0.00940 e. The summed E-state index contributed by atoms with van der Waals surface area (Å²) in [4.78, 5) is 2.66. The van der Waals surface area contributed by atoms with E-state index in [2.05, 4.69) is 37.9 Å². The lowest BCUT2D eigenvalue weighted by Gasteiger charge is -2.42. The minimum absolute atomic E-state index is 0.539. The quantitative estimate of drug-likeness (QED) is 0.817. The third kappa shape index (κ3) is 5.04. The second kappa shape index (κ2) is 7.26. The van der Waals surface area contributed by atoms with Gasteiger partial charge in [0.2, 0.25) is 0 Å². The molecule has 0 aromatic rings. The van der Waals surface area contributed by atoms with Crippen molar-refractivity contribution in [3.8, 4) is 0 Å². The highest BCUT2D eigenvalue weighted by Crippen LogP contribution is 2.38. The van der Waals surface area contributed by atoms with E-state index in [1.807, 2.05) is 0 Å². The van der Waals surface area contributed by atoms with Gasteiger partial charge in [0.25, 0.3) is 0 Å². The molecule has 0 amide bonds. The number of rotatable bonds is 5. The second-order valence-corrected chi connectivity index (χ2v) is 8.25. The van der Waals surface area contributed by atoms with E-state index in [-0.39, 0.29) is 0 Å². The Labute approximate surface area is 126 Å². The van der Waals surface area contributed by atoms with Crippen molar-refractivity contribution in [2.24, 2.45) is 11.3 Å². The highest BCUT2D eigenvalue weighted by Gasteiger charge is 2.33. The molecule has 2 rings (SSSR count). The van der Waals surface area contributed by atoms with E-state index in [0.29, 0.717) is 5.41 Å². The number of piperidine rings is 1. The normalized spacial score (nSPS) is 32.4. The first-order chi connectivity index (χ1) is 9.48. The van der Waals surface area contributed by atoms with Gasteiger partial charge >= 0.3 is 0 Å². The van der Waals surface area contributed by atoms with Gasteiger partial charge in [0, 0.05) is 12.1 Å². The predicted octanol–water partition coefficient (Wildman–Crippen LogP) is 4.06. The lowest BCUT2D eigenvalue weighted by atomic mass is 9.70. The van der Waals surface area contributed by atoms with E-state index < -0.39 is 0 Å². The molecule has 2 unspecified atom stereocenters. The van der Waals surface area contributed by atoms with E-state index in [0.717, 1.165) is 18.0 Å². The Bertz CT molecular complexity index is 279. The molecule has 2 fully saturated rings. The smallest absolute Gasteiger partial charge is 0.00940 e. The van der Waals surface area contributed by atoms with Crippen LogP contribution in [0.3, 0.4) is 0 Å². The summed E-state index contributed by atoms with van der Waals surface area (Å²) in [5.74, 6) is 0.890. The van der Waals surface area contributed by atoms with Gasteiger partial charge in [-0.3, -0.25) is 0 Å². The minimum atomic E-state index is 0.539. The van der Waals surface area contributed by atoms with Crippen LogP contribution >= 0.6 is 0 Å².